The smallest absolute Gasteiger partial charge is 0.167 e. The number of furan rings is 1. The van der Waals surface area contributed by atoms with E-state index in [0.717, 1.165) is 0 Å². The molecule has 2 heterocycles. The Morgan fingerprint density at radius 3 is 2.87 bits per heavy atom. The monoisotopic (exact) mass is 317 g/mol. The normalized spacial score (nSPS) is 12.3. The minimum absolute atomic E-state index is 0.136. The minimum atomic E-state index is -0.468. The van der Waals surface area contributed by atoms with Crippen LogP contribution in [0.5, 0.6) is 5.75 Å². The van der Waals surface area contributed by atoms with Gasteiger partial charge in [0.25, 0.3) is 0 Å². The summed E-state index contributed by atoms with van der Waals surface area (Å²) in [5.41, 5.74) is 0.483. The fraction of sp³-hybridized carbons (Fsp3) is 0.250. The molecule has 1 atom stereocenters. The Bertz CT molecular complexity index is 793. The number of hydrogen-bond acceptors (Lipinski definition) is 6. The summed E-state index contributed by atoms with van der Waals surface area (Å²) in [5.74, 6) is 0.931. The number of halogens is 1. The van der Waals surface area contributed by atoms with Gasteiger partial charge in [0.1, 0.15) is 23.9 Å². The molecule has 0 spiro atoms. The molecule has 0 amide bonds. The van der Waals surface area contributed by atoms with Crippen LogP contribution in [0, 0.1) is 5.82 Å². The van der Waals surface area contributed by atoms with Crippen molar-refractivity contribution < 1.29 is 18.3 Å². The molecule has 0 radical (unpaired) electrons. The molecule has 3 aromatic rings. The minimum Gasteiger partial charge on any atom is -0.494 e. The molecule has 6 nitrogen and oxygen atoms in total. The van der Waals surface area contributed by atoms with Crippen molar-refractivity contribution in [2.45, 2.75) is 6.04 Å². The molecule has 0 aliphatic heterocycles. The maximum Gasteiger partial charge on any atom is 0.167 e. The molecule has 120 valence electrons. The van der Waals surface area contributed by atoms with E-state index in [0.29, 0.717) is 29.1 Å². The van der Waals surface area contributed by atoms with Gasteiger partial charge in [0.05, 0.1) is 25.5 Å². The summed E-state index contributed by atoms with van der Waals surface area (Å²) in [4.78, 5) is 8.34. The Morgan fingerprint density at radius 1 is 1.30 bits per heavy atom. The lowest BCUT2D eigenvalue weighted by Gasteiger charge is -2.17. The van der Waals surface area contributed by atoms with Gasteiger partial charge in [-0.3, -0.25) is 0 Å². The standard InChI is InChI=1S/C16H16FN3O3/c1-21-8-13(14-4-3-5-23-14)20-16-10-6-15(22-2)11(17)7-12(10)18-9-19-16/h3-7,9,13H,8H2,1-2H3,(H,18,19,20). The molecule has 0 fully saturated rings. The van der Waals surface area contributed by atoms with Crippen molar-refractivity contribution in [1.82, 2.24) is 9.97 Å². The Labute approximate surface area is 132 Å². The predicted octanol–water partition coefficient (Wildman–Crippen LogP) is 3.17. The van der Waals surface area contributed by atoms with Gasteiger partial charge < -0.3 is 19.2 Å². The van der Waals surface area contributed by atoms with Crippen molar-refractivity contribution >= 4 is 16.7 Å². The summed E-state index contributed by atoms with van der Waals surface area (Å²) in [6.07, 6.45) is 2.97. The molecule has 1 aromatic carbocycles. The zero-order valence-electron chi connectivity index (χ0n) is 12.7. The summed E-state index contributed by atoms with van der Waals surface area (Å²) in [5, 5.41) is 3.90. The van der Waals surface area contributed by atoms with E-state index < -0.39 is 5.82 Å². The highest BCUT2D eigenvalue weighted by Gasteiger charge is 2.17. The number of benzene rings is 1. The first kappa shape index (κ1) is 15.2. The highest BCUT2D eigenvalue weighted by Crippen LogP contribution is 2.29. The average molecular weight is 317 g/mol. The van der Waals surface area contributed by atoms with Crippen LogP contribution in [0.2, 0.25) is 0 Å². The molecule has 2 aromatic heterocycles. The average Bonchev–Trinajstić information content (AvgIpc) is 3.08. The van der Waals surface area contributed by atoms with Crippen molar-refractivity contribution in [3.8, 4) is 5.75 Å². The van der Waals surface area contributed by atoms with Crippen LogP contribution in [0.25, 0.3) is 10.9 Å². The Kier molecular flexibility index (Phi) is 4.38. The number of rotatable bonds is 6. The zero-order valence-corrected chi connectivity index (χ0v) is 12.7. The second-order valence-electron chi connectivity index (χ2n) is 4.89. The first-order valence-corrected chi connectivity index (χ1v) is 7.00. The van der Waals surface area contributed by atoms with Crippen molar-refractivity contribution in [3.05, 3.63) is 48.4 Å². The number of nitrogens with zero attached hydrogens (tertiary/aromatic N) is 2. The molecule has 3 rings (SSSR count). The SMILES string of the molecule is COCC(Nc1ncnc2cc(F)c(OC)cc12)c1ccco1. The van der Waals surface area contributed by atoms with Crippen LogP contribution in [0.3, 0.4) is 0 Å². The first-order valence-electron chi connectivity index (χ1n) is 7.00. The largest absolute Gasteiger partial charge is 0.494 e. The Morgan fingerprint density at radius 2 is 2.17 bits per heavy atom. The third-order valence-electron chi connectivity index (χ3n) is 3.44. The maximum absolute atomic E-state index is 13.8. The summed E-state index contributed by atoms with van der Waals surface area (Å²) in [6, 6.07) is 6.30. The molecule has 0 saturated carbocycles. The molecule has 23 heavy (non-hydrogen) atoms. The highest BCUT2D eigenvalue weighted by molar-refractivity contribution is 5.90. The predicted molar refractivity (Wildman–Crippen MR) is 83.0 cm³/mol. The number of hydrogen-bond donors (Lipinski definition) is 1. The molecule has 0 aliphatic carbocycles. The second-order valence-corrected chi connectivity index (χ2v) is 4.89. The van der Waals surface area contributed by atoms with Gasteiger partial charge in [0, 0.05) is 18.6 Å². The van der Waals surface area contributed by atoms with Crippen molar-refractivity contribution in [2.24, 2.45) is 0 Å². The third kappa shape index (κ3) is 3.09. The van der Waals surface area contributed by atoms with E-state index in [1.54, 1.807) is 25.5 Å². The number of nitrogens with one attached hydrogen (secondary N) is 1. The van der Waals surface area contributed by atoms with Gasteiger partial charge in [-0.05, 0) is 18.2 Å². The van der Waals surface area contributed by atoms with Crippen LogP contribution < -0.4 is 10.1 Å². The van der Waals surface area contributed by atoms with E-state index in [4.69, 9.17) is 13.9 Å². The fourth-order valence-corrected chi connectivity index (χ4v) is 2.35. The third-order valence-corrected chi connectivity index (χ3v) is 3.44. The molecule has 1 N–H and O–H groups in total. The van der Waals surface area contributed by atoms with Gasteiger partial charge in [-0.25, -0.2) is 14.4 Å². The van der Waals surface area contributed by atoms with Crippen LogP contribution in [0.1, 0.15) is 11.8 Å². The van der Waals surface area contributed by atoms with E-state index in [1.165, 1.54) is 19.5 Å². The summed E-state index contributed by atoms with van der Waals surface area (Å²) < 4.78 is 29.5. The van der Waals surface area contributed by atoms with Crippen molar-refractivity contribution in [2.75, 3.05) is 26.1 Å². The van der Waals surface area contributed by atoms with Gasteiger partial charge >= 0.3 is 0 Å². The fourth-order valence-electron chi connectivity index (χ4n) is 2.35. The molecular weight excluding hydrogens is 301 g/mol. The number of anilines is 1. The van der Waals surface area contributed by atoms with Crippen molar-refractivity contribution in [3.63, 3.8) is 0 Å². The lowest BCUT2D eigenvalue weighted by atomic mass is 10.2. The molecule has 0 saturated heterocycles. The Balaban J connectivity index is 2.01. The van der Waals surface area contributed by atoms with Gasteiger partial charge in [-0.1, -0.05) is 0 Å². The van der Waals surface area contributed by atoms with E-state index in [9.17, 15) is 4.39 Å². The lowest BCUT2D eigenvalue weighted by molar-refractivity contribution is 0.178. The first-order chi connectivity index (χ1) is 11.2. The van der Waals surface area contributed by atoms with E-state index in [-0.39, 0.29) is 11.8 Å². The second kappa shape index (κ2) is 6.62. The molecule has 0 bridgehead atoms. The van der Waals surface area contributed by atoms with Crippen LogP contribution in [0.4, 0.5) is 10.2 Å². The van der Waals surface area contributed by atoms with Gasteiger partial charge in [-0.15, -0.1) is 0 Å². The molecule has 7 heteroatoms. The van der Waals surface area contributed by atoms with Crippen LogP contribution in [-0.4, -0.2) is 30.8 Å². The van der Waals surface area contributed by atoms with E-state index in [2.05, 4.69) is 15.3 Å². The van der Waals surface area contributed by atoms with Gasteiger partial charge in [0.15, 0.2) is 11.6 Å². The summed E-state index contributed by atoms with van der Waals surface area (Å²) >= 11 is 0. The number of ether oxygens (including phenoxy) is 2. The number of methoxy groups -OCH3 is 2. The Hall–Kier alpha value is -2.67. The van der Waals surface area contributed by atoms with E-state index in [1.807, 2.05) is 6.07 Å². The van der Waals surface area contributed by atoms with Gasteiger partial charge in [-0.2, -0.15) is 0 Å². The van der Waals surface area contributed by atoms with Crippen LogP contribution >= 0.6 is 0 Å². The van der Waals surface area contributed by atoms with Crippen molar-refractivity contribution in [1.29, 1.82) is 0 Å². The van der Waals surface area contributed by atoms with Gasteiger partial charge in [0.2, 0.25) is 0 Å². The quantitative estimate of drug-likeness (QED) is 0.753. The maximum atomic E-state index is 13.8. The molecular formula is C16H16FN3O3. The summed E-state index contributed by atoms with van der Waals surface area (Å²) in [7, 11) is 3.02. The topological polar surface area (TPSA) is 69.4 Å². The summed E-state index contributed by atoms with van der Waals surface area (Å²) in [6.45, 7) is 0.386. The zero-order chi connectivity index (χ0) is 16.2. The number of aromatic nitrogens is 2. The molecule has 0 aliphatic rings. The van der Waals surface area contributed by atoms with Crippen LogP contribution in [-0.2, 0) is 4.74 Å². The lowest BCUT2D eigenvalue weighted by Crippen LogP contribution is -2.16. The number of fused-ring (bicyclic) bond motifs is 1. The highest BCUT2D eigenvalue weighted by atomic mass is 19.1. The van der Waals surface area contributed by atoms with Crippen LogP contribution in [0.15, 0.2) is 41.3 Å². The van der Waals surface area contributed by atoms with E-state index >= 15 is 0 Å². The molecule has 1 unspecified atom stereocenters.